The van der Waals surface area contributed by atoms with E-state index in [1.165, 1.54) is 34.7 Å². The lowest BCUT2D eigenvalue weighted by Crippen LogP contribution is -2.25. The van der Waals surface area contributed by atoms with E-state index in [0.717, 1.165) is 15.9 Å². The van der Waals surface area contributed by atoms with Gasteiger partial charge in [-0.25, -0.2) is 9.37 Å². The predicted octanol–water partition coefficient (Wildman–Crippen LogP) is 5.19. The highest BCUT2D eigenvalue weighted by Gasteiger charge is 2.21. The van der Waals surface area contributed by atoms with Crippen LogP contribution >= 0.6 is 11.3 Å². The average molecular weight is 449 g/mol. The molecule has 6 nitrogen and oxygen atoms in total. The summed E-state index contributed by atoms with van der Waals surface area (Å²) in [5, 5.41) is 6.10. The van der Waals surface area contributed by atoms with E-state index in [1.807, 2.05) is 49.3 Å². The third kappa shape index (κ3) is 4.60. The van der Waals surface area contributed by atoms with Crippen LogP contribution in [0.15, 0.2) is 71.8 Å². The number of fused-ring (bicyclic) bond motifs is 1. The Morgan fingerprint density at radius 1 is 1.06 bits per heavy atom. The number of methoxy groups -OCH3 is 1. The van der Waals surface area contributed by atoms with E-state index in [9.17, 15) is 9.18 Å². The minimum absolute atomic E-state index is 0.320. The van der Waals surface area contributed by atoms with Crippen molar-refractivity contribution >= 4 is 44.5 Å². The maximum atomic E-state index is 13.4. The maximum absolute atomic E-state index is 13.4. The minimum atomic E-state index is -0.337. The molecule has 0 aliphatic heterocycles. The molecule has 32 heavy (non-hydrogen) atoms. The number of carbonyl (C=O) groups is 1. The quantitative estimate of drug-likeness (QED) is 0.301. The third-order valence-corrected chi connectivity index (χ3v) is 5.77. The van der Waals surface area contributed by atoms with Crippen LogP contribution < -0.4 is 14.6 Å². The minimum Gasteiger partial charge on any atom is -0.497 e. The summed E-state index contributed by atoms with van der Waals surface area (Å²) >= 11 is 1.34. The summed E-state index contributed by atoms with van der Waals surface area (Å²) in [5.41, 5.74) is 2.86. The SMILES string of the molecule is COc1ccc2nc(N(/N=C/c3ccc(F)cc3)C(=O)c3ccc(N(C)C)cc3)sc2c1. The first kappa shape index (κ1) is 21.5. The van der Waals surface area contributed by atoms with E-state index in [0.29, 0.717) is 22.0 Å². The largest absolute Gasteiger partial charge is 0.497 e. The van der Waals surface area contributed by atoms with Gasteiger partial charge < -0.3 is 9.64 Å². The van der Waals surface area contributed by atoms with Crippen LogP contribution in [0.3, 0.4) is 0 Å². The van der Waals surface area contributed by atoms with Gasteiger partial charge in [-0.3, -0.25) is 4.79 Å². The Hall–Kier alpha value is -3.78. The van der Waals surface area contributed by atoms with Gasteiger partial charge in [-0.1, -0.05) is 23.5 Å². The second-order valence-electron chi connectivity index (χ2n) is 7.18. The molecule has 0 unspecified atom stereocenters. The number of benzene rings is 3. The summed E-state index contributed by atoms with van der Waals surface area (Å²) < 4.78 is 19.4. The Kier molecular flexibility index (Phi) is 6.13. The molecule has 0 aliphatic rings. The fraction of sp³-hybridized carbons (Fsp3) is 0.125. The number of hydrogen-bond donors (Lipinski definition) is 0. The van der Waals surface area contributed by atoms with Gasteiger partial charge in [0.05, 0.1) is 23.5 Å². The van der Waals surface area contributed by atoms with Gasteiger partial charge in [-0.2, -0.15) is 10.1 Å². The summed E-state index contributed by atoms with van der Waals surface area (Å²) in [6.07, 6.45) is 1.51. The zero-order valence-electron chi connectivity index (χ0n) is 17.8. The van der Waals surface area contributed by atoms with E-state index in [-0.39, 0.29) is 11.7 Å². The third-order valence-electron chi connectivity index (χ3n) is 4.78. The monoisotopic (exact) mass is 448 g/mol. The molecule has 4 rings (SSSR count). The lowest BCUT2D eigenvalue weighted by Gasteiger charge is -2.16. The lowest BCUT2D eigenvalue weighted by molar-refractivity contribution is 0.0988. The number of amides is 1. The standard InChI is InChI=1S/C24H21FN4O2S/c1-28(2)19-10-6-17(7-11-19)23(30)29(26-15-16-4-8-18(25)9-5-16)24-27-21-13-12-20(31-3)14-22(21)32-24/h4-15H,1-3H3/b26-15+. The smallest absolute Gasteiger partial charge is 0.280 e. The molecule has 1 heterocycles. The number of thiazole rings is 1. The zero-order valence-corrected chi connectivity index (χ0v) is 18.6. The van der Waals surface area contributed by atoms with Crippen LogP contribution in [0.4, 0.5) is 15.2 Å². The number of carbonyl (C=O) groups excluding carboxylic acids is 1. The Bertz CT molecular complexity index is 1270. The van der Waals surface area contributed by atoms with Gasteiger partial charge in [-0.15, -0.1) is 0 Å². The van der Waals surface area contributed by atoms with Gasteiger partial charge in [-0.05, 0) is 60.2 Å². The summed E-state index contributed by atoms with van der Waals surface area (Å²) in [7, 11) is 5.47. The van der Waals surface area contributed by atoms with Crippen LogP contribution in [0.5, 0.6) is 5.75 Å². The van der Waals surface area contributed by atoms with Crippen molar-refractivity contribution in [2.24, 2.45) is 5.10 Å². The van der Waals surface area contributed by atoms with Crippen molar-refractivity contribution < 1.29 is 13.9 Å². The lowest BCUT2D eigenvalue weighted by atomic mass is 10.2. The van der Waals surface area contributed by atoms with Gasteiger partial charge in [0, 0.05) is 25.3 Å². The first-order valence-electron chi connectivity index (χ1n) is 9.80. The van der Waals surface area contributed by atoms with Crippen LogP contribution in [-0.4, -0.2) is 38.3 Å². The molecule has 0 radical (unpaired) electrons. The number of ether oxygens (including phenoxy) is 1. The Balaban J connectivity index is 1.73. The second kappa shape index (κ2) is 9.15. The summed E-state index contributed by atoms with van der Waals surface area (Å²) in [4.78, 5) is 19.9. The Morgan fingerprint density at radius 2 is 1.78 bits per heavy atom. The van der Waals surface area contributed by atoms with Crippen molar-refractivity contribution in [1.29, 1.82) is 0 Å². The van der Waals surface area contributed by atoms with Gasteiger partial charge in [0.1, 0.15) is 11.6 Å². The molecule has 1 amide bonds. The number of anilines is 2. The summed E-state index contributed by atoms with van der Waals surface area (Å²) in [6.45, 7) is 0. The van der Waals surface area contributed by atoms with E-state index >= 15 is 0 Å². The van der Waals surface area contributed by atoms with Crippen LogP contribution in [0, 0.1) is 5.82 Å². The van der Waals surface area contributed by atoms with E-state index in [4.69, 9.17) is 4.74 Å². The van der Waals surface area contributed by atoms with Gasteiger partial charge in [0.15, 0.2) is 0 Å². The van der Waals surface area contributed by atoms with Crippen LogP contribution in [0.1, 0.15) is 15.9 Å². The summed E-state index contributed by atoms with van der Waals surface area (Å²) in [6, 6.07) is 18.7. The van der Waals surface area contributed by atoms with Crippen LogP contribution in [0.25, 0.3) is 10.2 Å². The van der Waals surface area contributed by atoms with Crippen molar-refractivity contribution in [3.8, 4) is 5.75 Å². The normalized spacial score (nSPS) is 11.1. The van der Waals surface area contributed by atoms with Crippen molar-refractivity contribution in [3.63, 3.8) is 0 Å². The van der Waals surface area contributed by atoms with Crippen molar-refractivity contribution in [1.82, 2.24) is 4.98 Å². The molecule has 0 bridgehead atoms. The molecule has 8 heteroatoms. The molecule has 0 N–H and O–H groups in total. The molecule has 3 aromatic carbocycles. The molecule has 0 spiro atoms. The number of hydrazone groups is 1. The predicted molar refractivity (Wildman–Crippen MR) is 128 cm³/mol. The first-order valence-corrected chi connectivity index (χ1v) is 10.6. The number of halogens is 1. The maximum Gasteiger partial charge on any atom is 0.280 e. The molecule has 1 aromatic heterocycles. The summed E-state index contributed by atoms with van der Waals surface area (Å²) in [5.74, 6) is 0.0514. The Morgan fingerprint density at radius 3 is 2.44 bits per heavy atom. The van der Waals surface area contributed by atoms with E-state index in [1.54, 1.807) is 31.4 Å². The number of rotatable bonds is 6. The average Bonchev–Trinajstić information content (AvgIpc) is 3.23. The molecule has 0 saturated carbocycles. The number of hydrogen-bond acceptors (Lipinski definition) is 6. The molecule has 0 fully saturated rings. The zero-order chi connectivity index (χ0) is 22.7. The Labute approximate surface area is 189 Å². The van der Waals surface area contributed by atoms with Gasteiger partial charge >= 0.3 is 0 Å². The molecule has 4 aromatic rings. The molecule has 0 saturated heterocycles. The second-order valence-corrected chi connectivity index (χ2v) is 8.19. The number of aromatic nitrogens is 1. The molecular weight excluding hydrogens is 427 g/mol. The van der Waals surface area contributed by atoms with Crippen molar-refractivity contribution in [2.45, 2.75) is 0 Å². The van der Waals surface area contributed by atoms with Crippen LogP contribution in [0.2, 0.25) is 0 Å². The molecule has 0 aliphatic carbocycles. The highest BCUT2D eigenvalue weighted by molar-refractivity contribution is 7.22. The van der Waals surface area contributed by atoms with E-state index in [2.05, 4.69) is 10.1 Å². The van der Waals surface area contributed by atoms with E-state index < -0.39 is 0 Å². The first-order chi connectivity index (χ1) is 15.4. The fourth-order valence-electron chi connectivity index (χ4n) is 3.00. The highest BCUT2D eigenvalue weighted by atomic mass is 32.1. The topological polar surface area (TPSA) is 58.0 Å². The van der Waals surface area contributed by atoms with Crippen LogP contribution in [-0.2, 0) is 0 Å². The number of nitrogens with zero attached hydrogens (tertiary/aromatic N) is 4. The molecular formula is C24H21FN4O2S. The molecule has 0 atom stereocenters. The highest BCUT2D eigenvalue weighted by Crippen LogP contribution is 2.32. The fourth-order valence-corrected chi connectivity index (χ4v) is 3.95. The van der Waals surface area contributed by atoms with Crippen molar-refractivity contribution in [2.75, 3.05) is 31.1 Å². The van der Waals surface area contributed by atoms with Gasteiger partial charge in [0.2, 0.25) is 5.13 Å². The molecule has 162 valence electrons. The van der Waals surface area contributed by atoms with Crippen molar-refractivity contribution in [3.05, 3.63) is 83.7 Å². The van der Waals surface area contributed by atoms with Gasteiger partial charge in [0.25, 0.3) is 5.91 Å².